The molecule has 2 N–H and O–H groups in total. The van der Waals surface area contributed by atoms with Crippen LogP contribution in [0.1, 0.15) is 26.2 Å². The average molecular weight is 231 g/mol. The van der Waals surface area contributed by atoms with Crippen molar-refractivity contribution in [1.82, 2.24) is 15.0 Å². The van der Waals surface area contributed by atoms with E-state index in [0.717, 1.165) is 12.8 Å². The number of rotatable bonds is 5. The number of unbranched alkanes of at least 4 members (excludes halogenated alkanes) is 2. The zero-order chi connectivity index (χ0) is 10.4. The fourth-order valence-corrected chi connectivity index (χ4v) is 1.40. The standard InChI is InChI=1S/C8H13N3OS2/c1-2-3-4-5-12-6-9-7(13)11-8(14)10-6/h2-5H2,1H3,(H2,9,10,11,13,14). The third-order valence-electron chi connectivity index (χ3n) is 1.63. The summed E-state index contributed by atoms with van der Waals surface area (Å²) in [6, 6.07) is 0.398. The van der Waals surface area contributed by atoms with Gasteiger partial charge in [0.2, 0.25) is 4.77 Å². The summed E-state index contributed by atoms with van der Waals surface area (Å²) in [5.74, 6) is 0. The molecule has 0 radical (unpaired) electrons. The van der Waals surface area contributed by atoms with Gasteiger partial charge in [0.25, 0.3) is 6.01 Å². The zero-order valence-electron chi connectivity index (χ0n) is 8.00. The summed E-state index contributed by atoms with van der Waals surface area (Å²) in [4.78, 5) is 9.43. The van der Waals surface area contributed by atoms with Gasteiger partial charge in [0, 0.05) is 0 Å². The Morgan fingerprint density at radius 3 is 2.71 bits per heavy atom. The molecule has 1 aromatic rings. The number of H-pyrrole nitrogens is 2. The Kier molecular flexibility index (Phi) is 4.75. The van der Waals surface area contributed by atoms with Gasteiger partial charge in [-0.3, -0.25) is 4.98 Å². The second kappa shape index (κ2) is 5.87. The van der Waals surface area contributed by atoms with Gasteiger partial charge in [0.05, 0.1) is 6.61 Å². The molecule has 0 spiro atoms. The lowest BCUT2D eigenvalue weighted by molar-refractivity contribution is 0.280. The molecule has 0 atom stereocenters. The molecule has 0 aliphatic carbocycles. The van der Waals surface area contributed by atoms with Crippen LogP contribution >= 0.6 is 24.4 Å². The molecule has 0 bridgehead atoms. The number of nitrogens with zero attached hydrogens (tertiary/aromatic N) is 1. The van der Waals surface area contributed by atoms with E-state index in [1.165, 1.54) is 6.42 Å². The molecule has 14 heavy (non-hydrogen) atoms. The van der Waals surface area contributed by atoms with E-state index in [0.29, 0.717) is 22.2 Å². The molecule has 1 aromatic heterocycles. The third-order valence-corrected chi connectivity index (χ3v) is 2.03. The third kappa shape index (κ3) is 3.97. The summed E-state index contributed by atoms with van der Waals surface area (Å²) in [5.41, 5.74) is 0. The molecule has 0 amide bonds. The minimum atomic E-state index is 0.347. The van der Waals surface area contributed by atoms with Crippen LogP contribution in [0.5, 0.6) is 6.01 Å². The maximum absolute atomic E-state index is 5.35. The molecule has 0 aromatic carbocycles. The van der Waals surface area contributed by atoms with Crippen molar-refractivity contribution in [2.45, 2.75) is 26.2 Å². The van der Waals surface area contributed by atoms with Crippen LogP contribution < -0.4 is 4.74 Å². The fourth-order valence-electron chi connectivity index (χ4n) is 0.963. The monoisotopic (exact) mass is 231 g/mol. The Morgan fingerprint density at radius 2 is 2.07 bits per heavy atom. The number of hydrogen-bond acceptors (Lipinski definition) is 4. The SMILES string of the molecule is CCCCCOc1nc(=S)[nH]c(=S)[nH]1. The van der Waals surface area contributed by atoms with Gasteiger partial charge in [0.1, 0.15) is 0 Å². The lowest BCUT2D eigenvalue weighted by Crippen LogP contribution is -2.02. The van der Waals surface area contributed by atoms with Gasteiger partial charge in [0.15, 0.2) is 4.77 Å². The Morgan fingerprint density at radius 1 is 1.29 bits per heavy atom. The van der Waals surface area contributed by atoms with Crippen LogP contribution in [0.25, 0.3) is 0 Å². The van der Waals surface area contributed by atoms with Crippen molar-refractivity contribution in [2.75, 3.05) is 6.61 Å². The van der Waals surface area contributed by atoms with Crippen molar-refractivity contribution in [3.8, 4) is 6.01 Å². The Balaban J connectivity index is 2.51. The minimum absolute atomic E-state index is 0.347. The quantitative estimate of drug-likeness (QED) is 0.604. The van der Waals surface area contributed by atoms with E-state index in [-0.39, 0.29) is 0 Å². The normalized spacial score (nSPS) is 10.1. The average Bonchev–Trinajstić information content (AvgIpc) is 2.11. The highest BCUT2D eigenvalue weighted by atomic mass is 32.1. The molecule has 1 rings (SSSR count). The molecule has 1 heterocycles. The van der Waals surface area contributed by atoms with Crippen LogP contribution in [-0.2, 0) is 0 Å². The van der Waals surface area contributed by atoms with E-state index in [1.54, 1.807) is 0 Å². The minimum Gasteiger partial charge on any atom is -0.465 e. The van der Waals surface area contributed by atoms with Crippen molar-refractivity contribution in [3.05, 3.63) is 9.54 Å². The van der Waals surface area contributed by atoms with Crippen molar-refractivity contribution in [2.24, 2.45) is 0 Å². The lowest BCUT2D eigenvalue weighted by Gasteiger charge is -2.03. The highest BCUT2D eigenvalue weighted by Gasteiger charge is 1.95. The largest absolute Gasteiger partial charge is 0.465 e. The summed E-state index contributed by atoms with van der Waals surface area (Å²) >= 11 is 9.75. The maximum atomic E-state index is 5.35. The molecule has 6 heteroatoms. The summed E-state index contributed by atoms with van der Waals surface area (Å²) in [6.07, 6.45) is 3.34. The van der Waals surface area contributed by atoms with Crippen LogP contribution in [0.2, 0.25) is 0 Å². The van der Waals surface area contributed by atoms with Gasteiger partial charge < -0.3 is 9.72 Å². The molecule has 4 nitrogen and oxygen atoms in total. The van der Waals surface area contributed by atoms with Crippen LogP contribution in [0.3, 0.4) is 0 Å². The Hall–Kier alpha value is -0.750. The van der Waals surface area contributed by atoms with Gasteiger partial charge in [-0.25, -0.2) is 0 Å². The molecule has 78 valence electrons. The fraction of sp³-hybridized carbons (Fsp3) is 0.625. The first-order valence-corrected chi connectivity index (χ1v) is 5.37. The predicted octanol–water partition coefficient (Wildman–Crippen LogP) is 2.77. The smallest absolute Gasteiger partial charge is 0.298 e. The highest BCUT2D eigenvalue weighted by Crippen LogP contribution is 2.01. The Labute approximate surface area is 92.7 Å². The van der Waals surface area contributed by atoms with Crippen LogP contribution in [0.15, 0.2) is 0 Å². The molecule has 0 fully saturated rings. The summed E-state index contributed by atoms with van der Waals surface area (Å²) in [5, 5.41) is 0. The van der Waals surface area contributed by atoms with Crippen molar-refractivity contribution in [1.29, 1.82) is 0 Å². The summed E-state index contributed by atoms with van der Waals surface area (Å²) in [6.45, 7) is 2.79. The van der Waals surface area contributed by atoms with E-state index in [4.69, 9.17) is 29.2 Å². The molecular formula is C8H13N3OS2. The zero-order valence-corrected chi connectivity index (χ0v) is 9.63. The number of hydrogen-bond donors (Lipinski definition) is 2. The van der Waals surface area contributed by atoms with E-state index in [9.17, 15) is 0 Å². The van der Waals surface area contributed by atoms with Crippen LogP contribution in [-0.4, -0.2) is 21.6 Å². The van der Waals surface area contributed by atoms with Crippen molar-refractivity contribution >= 4 is 24.4 Å². The van der Waals surface area contributed by atoms with Crippen LogP contribution in [0, 0.1) is 9.54 Å². The van der Waals surface area contributed by atoms with Crippen molar-refractivity contribution in [3.63, 3.8) is 0 Å². The van der Waals surface area contributed by atoms with Gasteiger partial charge in [-0.1, -0.05) is 19.8 Å². The summed E-state index contributed by atoms with van der Waals surface area (Å²) < 4.78 is 6.14. The topological polar surface area (TPSA) is 53.7 Å². The molecule has 0 saturated carbocycles. The van der Waals surface area contributed by atoms with Crippen molar-refractivity contribution < 1.29 is 4.74 Å². The number of ether oxygens (including phenoxy) is 1. The first kappa shape index (κ1) is 11.3. The second-order valence-corrected chi connectivity index (χ2v) is 3.65. The van der Waals surface area contributed by atoms with Gasteiger partial charge in [-0.05, 0) is 30.9 Å². The first-order chi connectivity index (χ1) is 6.72. The van der Waals surface area contributed by atoms with E-state index in [2.05, 4.69) is 21.9 Å². The van der Waals surface area contributed by atoms with E-state index in [1.807, 2.05) is 0 Å². The molecule has 0 aliphatic rings. The van der Waals surface area contributed by atoms with E-state index < -0.39 is 0 Å². The number of aromatic nitrogens is 3. The Bertz CT molecular complexity index is 356. The molecule has 0 unspecified atom stereocenters. The summed E-state index contributed by atoms with van der Waals surface area (Å²) in [7, 11) is 0. The van der Waals surface area contributed by atoms with Gasteiger partial charge >= 0.3 is 0 Å². The van der Waals surface area contributed by atoms with Crippen LogP contribution in [0.4, 0.5) is 0 Å². The van der Waals surface area contributed by atoms with Gasteiger partial charge in [-0.15, -0.1) is 0 Å². The number of aromatic amines is 2. The highest BCUT2D eigenvalue weighted by molar-refractivity contribution is 7.71. The second-order valence-electron chi connectivity index (χ2n) is 2.86. The lowest BCUT2D eigenvalue weighted by atomic mass is 10.3. The predicted molar refractivity (Wildman–Crippen MR) is 59.6 cm³/mol. The maximum Gasteiger partial charge on any atom is 0.298 e. The molecular weight excluding hydrogens is 218 g/mol. The molecule has 0 aliphatic heterocycles. The van der Waals surface area contributed by atoms with E-state index >= 15 is 0 Å². The first-order valence-electron chi connectivity index (χ1n) is 4.56. The molecule has 0 saturated heterocycles. The number of nitrogens with one attached hydrogen (secondary N) is 2. The van der Waals surface area contributed by atoms with Gasteiger partial charge in [-0.2, -0.15) is 4.98 Å².